The first-order chi connectivity index (χ1) is 15.8. The van der Waals surface area contributed by atoms with Gasteiger partial charge in [-0.1, -0.05) is 23.9 Å². The minimum atomic E-state index is -0.876. The first kappa shape index (κ1) is 22.9. The van der Waals surface area contributed by atoms with Gasteiger partial charge >= 0.3 is 11.5 Å². The first-order valence-corrected chi connectivity index (χ1v) is 11.3. The van der Waals surface area contributed by atoms with Gasteiger partial charge in [0.05, 0.1) is 11.4 Å². The zero-order valence-corrected chi connectivity index (χ0v) is 18.7. The smallest absolute Gasteiger partial charge is 0.310 e. The van der Waals surface area contributed by atoms with E-state index in [0.29, 0.717) is 30.5 Å². The van der Waals surface area contributed by atoms with Gasteiger partial charge in [-0.25, -0.2) is 9.98 Å². The van der Waals surface area contributed by atoms with Gasteiger partial charge in [0.15, 0.2) is 16.7 Å². The molecule has 0 amide bonds. The summed E-state index contributed by atoms with van der Waals surface area (Å²) in [6.45, 7) is 7.94. The second-order valence-electron chi connectivity index (χ2n) is 8.60. The number of rotatable bonds is 9. The van der Waals surface area contributed by atoms with Gasteiger partial charge < -0.3 is 20.6 Å². The second-order valence-corrected chi connectivity index (χ2v) is 8.60. The molecule has 1 fully saturated rings. The maximum atomic E-state index is 14.2. The molecule has 3 heterocycles. The van der Waals surface area contributed by atoms with Gasteiger partial charge in [0.1, 0.15) is 0 Å². The maximum Gasteiger partial charge on any atom is 0.310 e. The second kappa shape index (κ2) is 9.70. The number of carboxylic acid groups (broad SMARTS) is 1. The lowest BCUT2D eigenvalue weighted by Gasteiger charge is -2.29. The number of aromatic nitrogens is 2. The number of anilines is 3. The highest BCUT2D eigenvalue weighted by Gasteiger charge is 2.25. The molecule has 2 aliphatic heterocycles. The molecule has 176 valence electrons. The lowest BCUT2D eigenvalue weighted by atomic mass is 10.1. The van der Waals surface area contributed by atoms with Gasteiger partial charge in [-0.15, -0.1) is 4.79 Å². The average Bonchev–Trinajstić information content (AvgIpc) is 3.28. The summed E-state index contributed by atoms with van der Waals surface area (Å²) in [5, 5.41) is 15.7. The van der Waals surface area contributed by atoms with Gasteiger partial charge in [-0.3, -0.25) is 9.59 Å². The molecule has 33 heavy (non-hydrogen) atoms. The van der Waals surface area contributed by atoms with Crippen LogP contribution >= 0.6 is 0 Å². The summed E-state index contributed by atoms with van der Waals surface area (Å²) in [6, 6.07) is 4.26. The molecule has 4 rings (SSSR count). The third-order valence-corrected chi connectivity index (χ3v) is 6.10. The molecule has 2 aromatic rings. The van der Waals surface area contributed by atoms with E-state index in [-0.39, 0.29) is 22.0 Å². The van der Waals surface area contributed by atoms with Crippen LogP contribution < -0.4 is 31.9 Å². The molecular formula is C23H29FN6O3. The van der Waals surface area contributed by atoms with Crippen molar-refractivity contribution in [3.63, 3.8) is 0 Å². The fraction of sp³-hybridized carbons (Fsp3) is 0.478. The van der Waals surface area contributed by atoms with Gasteiger partial charge in [0.2, 0.25) is 0 Å². The molecule has 1 unspecified atom stereocenters. The van der Waals surface area contributed by atoms with E-state index in [0.717, 1.165) is 55.7 Å². The SMILES string of the molecule is C=c1nc2c(c(=O)n1F)=Nc1cc(C)c(NC3CCNC3)cc1N2CCCCCCC(=O)O. The summed E-state index contributed by atoms with van der Waals surface area (Å²) in [5.41, 5.74) is 2.22. The quantitative estimate of drug-likeness (QED) is 0.494. The van der Waals surface area contributed by atoms with Crippen molar-refractivity contribution < 1.29 is 14.4 Å². The summed E-state index contributed by atoms with van der Waals surface area (Å²) in [7, 11) is 0. The van der Waals surface area contributed by atoms with E-state index < -0.39 is 11.5 Å². The number of halogens is 1. The number of nitrogens with one attached hydrogen (secondary N) is 2. The van der Waals surface area contributed by atoms with Crippen LogP contribution in [-0.4, -0.2) is 46.5 Å². The number of carbonyl (C=O) groups is 1. The van der Waals surface area contributed by atoms with Crippen molar-refractivity contribution in [1.82, 2.24) is 15.1 Å². The maximum absolute atomic E-state index is 14.2. The van der Waals surface area contributed by atoms with Crippen molar-refractivity contribution in [2.24, 2.45) is 4.99 Å². The Morgan fingerprint density at radius 3 is 2.85 bits per heavy atom. The topological polar surface area (TPSA) is 112 Å². The van der Waals surface area contributed by atoms with Crippen molar-refractivity contribution in [1.29, 1.82) is 0 Å². The van der Waals surface area contributed by atoms with Crippen LogP contribution in [0.3, 0.4) is 0 Å². The van der Waals surface area contributed by atoms with Crippen molar-refractivity contribution in [3.8, 4) is 0 Å². The van der Waals surface area contributed by atoms with E-state index in [1.165, 1.54) is 0 Å². The number of unbranched alkanes of at least 4 members (excludes halogenated alkanes) is 3. The normalized spacial score (nSPS) is 16.8. The number of aliphatic carboxylic acids is 1. The highest BCUT2D eigenvalue weighted by molar-refractivity contribution is 5.80. The Bertz CT molecular complexity index is 1220. The molecule has 1 saturated heterocycles. The van der Waals surface area contributed by atoms with Crippen molar-refractivity contribution >= 4 is 35.4 Å². The van der Waals surface area contributed by atoms with Gasteiger partial charge in [-0.2, -0.15) is 0 Å². The first-order valence-electron chi connectivity index (χ1n) is 11.3. The molecule has 0 aliphatic carbocycles. The van der Waals surface area contributed by atoms with E-state index in [1.54, 1.807) is 0 Å². The summed E-state index contributed by atoms with van der Waals surface area (Å²) in [6.07, 6.45) is 4.18. The predicted molar refractivity (Wildman–Crippen MR) is 125 cm³/mol. The number of hydrogen-bond acceptors (Lipinski definition) is 7. The largest absolute Gasteiger partial charge is 0.481 e. The Morgan fingerprint density at radius 2 is 2.12 bits per heavy atom. The van der Waals surface area contributed by atoms with E-state index in [2.05, 4.69) is 27.2 Å². The standard InChI is InChI=1S/C23H29FN6O3/c1-14-11-18-19(12-17(14)27-16-8-9-25-13-16)29(10-6-4-3-5-7-20(31)32)22-21(28-18)23(33)30(24)15(2)26-22/h11-12,16,25,27H,2-10,13H2,1H3,(H,31,32). The summed E-state index contributed by atoms with van der Waals surface area (Å²) >= 11 is 0. The summed E-state index contributed by atoms with van der Waals surface area (Å²) in [5.74, 6) is -0.493. The molecule has 0 saturated carbocycles. The number of carboxylic acids is 1. The number of fused-ring (bicyclic) bond motifs is 2. The Kier molecular flexibility index (Phi) is 6.73. The fourth-order valence-corrected chi connectivity index (χ4v) is 4.31. The molecule has 0 bridgehead atoms. The Hall–Kier alpha value is -3.27. The van der Waals surface area contributed by atoms with Gasteiger partial charge in [-0.05, 0) is 50.4 Å². The zero-order chi connectivity index (χ0) is 23.5. The van der Waals surface area contributed by atoms with Crippen molar-refractivity contribution in [2.45, 2.75) is 51.5 Å². The van der Waals surface area contributed by atoms with Crippen LogP contribution in [0.1, 0.15) is 44.1 Å². The predicted octanol–water partition coefficient (Wildman–Crippen LogP) is 1.91. The van der Waals surface area contributed by atoms with Crippen LogP contribution in [0.25, 0.3) is 6.58 Å². The number of hydrogen-bond donors (Lipinski definition) is 3. The highest BCUT2D eigenvalue weighted by atomic mass is 19.2. The van der Waals surface area contributed by atoms with E-state index in [9.17, 15) is 14.1 Å². The van der Waals surface area contributed by atoms with Crippen molar-refractivity contribution in [3.05, 3.63) is 38.9 Å². The van der Waals surface area contributed by atoms with Crippen molar-refractivity contribution in [2.75, 3.05) is 29.9 Å². The monoisotopic (exact) mass is 456 g/mol. The molecule has 1 aromatic heterocycles. The Labute approximate surface area is 190 Å². The third-order valence-electron chi connectivity index (χ3n) is 6.10. The molecule has 1 atom stereocenters. The summed E-state index contributed by atoms with van der Waals surface area (Å²) in [4.78, 5) is 33.8. The lowest BCUT2D eigenvalue weighted by Crippen LogP contribution is -2.46. The number of benzene rings is 1. The van der Waals surface area contributed by atoms with E-state index in [1.807, 2.05) is 24.0 Å². The zero-order valence-electron chi connectivity index (χ0n) is 18.7. The van der Waals surface area contributed by atoms with Crippen LogP contribution in [0, 0.1) is 6.92 Å². The number of nitrogens with zero attached hydrogens (tertiary/aromatic N) is 4. The van der Waals surface area contributed by atoms with Gasteiger partial charge in [0, 0.05) is 31.2 Å². The van der Waals surface area contributed by atoms with Crippen LogP contribution in [0.4, 0.5) is 27.4 Å². The van der Waals surface area contributed by atoms with Crippen LogP contribution in [-0.2, 0) is 4.79 Å². The van der Waals surface area contributed by atoms with E-state index >= 15 is 0 Å². The molecule has 0 spiro atoms. The molecule has 10 heteroatoms. The number of aryl methyl sites for hydroxylation is 1. The minimum Gasteiger partial charge on any atom is -0.481 e. The molecular weight excluding hydrogens is 427 g/mol. The summed E-state index contributed by atoms with van der Waals surface area (Å²) < 4.78 is 14.2. The Balaban J connectivity index is 1.67. The highest BCUT2D eigenvalue weighted by Crippen LogP contribution is 2.39. The van der Waals surface area contributed by atoms with Crippen LogP contribution in [0.15, 0.2) is 21.9 Å². The lowest BCUT2D eigenvalue weighted by molar-refractivity contribution is -0.137. The van der Waals surface area contributed by atoms with Crippen LogP contribution in [0.5, 0.6) is 0 Å². The molecule has 3 N–H and O–H groups in total. The third kappa shape index (κ3) is 4.90. The van der Waals surface area contributed by atoms with Gasteiger partial charge in [0.25, 0.3) is 0 Å². The molecule has 9 nitrogen and oxygen atoms in total. The minimum absolute atomic E-state index is 0.0385. The molecule has 0 radical (unpaired) electrons. The Morgan fingerprint density at radius 1 is 1.33 bits per heavy atom. The fourth-order valence-electron chi connectivity index (χ4n) is 4.31. The van der Waals surface area contributed by atoms with E-state index in [4.69, 9.17) is 5.11 Å². The average molecular weight is 457 g/mol. The molecule has 1 aromatic carbocycles. The molecule has 2 aliphatic rings. The van der Waals surface area contributed by atoms with Crippen LogP contribution in [0.2, 0.25) is 0 Å².